The molecule has 0 radical (unpaired) electrons. The lowest BCUT2D eigenvalue weighted by Gasteiger charge is -2.08. The Morgan fingerprint density at radius 1 is 1.36 bits per heavy atom. The minimum absolute atomic E-state index is 0.00129. The lowest BCUT2D eigenvalue weighted by Crippen LogP contribution is -2.33. The molecule has 3 aromatic rings. The molecule has 2 aromatic heterocycles. The fourth-order valence-electron chi connectivity index (χ4n) is 2.17. The largest absolute Gasteiger partial charge is 0.480 e. The first-order valence-corrected chi connectivity index (χ1v) is 6.59. The zero-order chi connectivity index (χ0) is 15.7. The topological polar surface area (TPSA) is 111 Å². The Morgan fingerprint density at radius 2 is 2.14 bits per heavy atom. The second kappa shape index (κ2) is 5.45. The van der Waals surface area contributed by atoms with Crippen molar-refractivity contribution in [2.75, 3.05) is 0 Å². The van der Waals surface area contributed by atoms with Crippen molar-refractivity contribution in [2.45, 2.75) is 12.5 Å². The van der Waals surface area contributed by atoms with Gasteiger partial charge in [-0.2, -0.15) is 0 Å². The number of carboxylic acid groups (broad SMARTS) is 1. The number of carbonyl (C=O) groups is 2. The number of furan rings is 1. The molecule has 3 N–H and O–H groups in total. The molecule has 0 spiro atoms. The third kappa shape index (κ3) is 2.49. The molecule has 22 heavy (non-hydrogen) atoms. The van der Waals surface area contributed by atoms with Gasteiger partial charge in [0.05, 0.1) is 0 Å². The number of benzene rings is 1. The minimum Gasteiger partial charge on any atom is -0.480 e. The first-order chi connectivity index (χ1) is 10.6. The van der Waals surface area contributed by atoms with E-state index in [1.165, 1.54) is 17.1 Å². The number of para-hydroxylation sites is 1. The molecule has 112 valence electrons. The van der Waals surface area contributed by atoms with Crippen LogP contribution in [0.4, 0.5) is 0 Å². The van der Waals surface area contributed by atoms with Crippen molar-refractivity contribution in [1.82, 2.24) is 9.55 Å². The Kier molecular flexibility index (Phi) is 3.48. The van der Waals surface area contributed by atoms with Gasteiger partial charge >= 0.3 is 5.97 Å². The summed E-state index contributed by atoms with van der Waals surface area (Å²) in [4.78, 5) is 27.2. The molecule has 0 aliphatic rings. The summed E-state index contributed by atoms with van der Waals surface area (Å²) in [6, 6.07) is 7.80. The van der Waals surface area contributed by atoms with Crippen LogP contribution in [-0.2, 0) is 11.2 Å². The number of aromatic nitrogens is 2. The highest BCUT2D eigenvalue weighted by atomic mass is 16.4. The standard InChI is InChI=1S/C15H13N3O4/c16-11(15(20)21)6-10-7-17-8-18(10)14(19)13-5-9-3-1-2-4-12(9)22-13/h1-5,7-8,11H,6,16H2,(H,20,21). The highest BCUT2D eigenvalue weighted by molar-refractivity contribution is 5.97. The Hall–Kier alpha value is -2.93. The number of imidazole rings is 1. The van der Waals surface area contributed by atoms with E-state index >= 15 is 0 Å². The minimum atomic E-state index is -1.14. The summed E-state index contributed by atoms with van der Waals surface area (Å²) in [5, 5.41) is 9.68. The molecule has 0 amide bonds. The Morgan fingerprint density at radius 3 is 2.86 bits per heavy atom. The van der Waals surface area contributed by atoms with Crippen molar-refractivity contribution in [3.63, 3.8) is 0 Å². The maximum absolute atomic E-state index is 12.5. The summed E-state index contributed by atoms with van der Waals surface area (Å²) in [6.45, 7) is 0. The van der Waals surface area contributed by atoms with Crippen molar-refractivity contribution in [1.29, 1.82) is 0 Å². The molecule has 1 unspecified atom stereocenters. The number of carbonyl (C=O) groups excluding carboxylic acids is 1. The monoisotopic (exact) mass is 299 g/mol. The molecule has 0 aliphatic carbocycles. The van der Waals surface area contributed by atoms with Gasteiger partial charge in [0.25, 0.3) is 5.91 Å². The van der Waals surface area contributed by atoms with Gasteiger partial charge in [0.2, 0.25) is 0 Å². The van der Waals surface area contributed by atoms with Gasteiger partial charge in [-0.05, 0) is 12.1 Å². The maximum atomic E-state index is 12.5. The van der Waals surface area contributed by atoms with E-state index in [1.807, 2.05) is 18.2 Å². The number of fused-ring (bicyclic) bond motifs is 1. The summed E-state index contributed by atoms with van der Waals surface area (Å²) in [5.74, 6) is -1.39. The molecule has 0 saturated heterocycles. The number of nitrogens with zero attached hydrogens (tertiary/aromatic N) is 2. The third-order valence-electron chi connectivity index (χ3n) is 3.32. The fourth-order valence-corrected chi connectivity index (χ4v) is 2.17. The van der Waals surface area contributed by atoms with E-state index in [0.29, 0.717) is 11.3 Å². The van der Waals surface area contributed by atoms with Gasteiger partial charge in [-0.15, -0.1) is 0 Å². The van der Waals surface area contributed by atoms with Gasteiger partial charge in [-0.3, -0.25) is 14.2 Å². The zero-order valence-corrected chi connectivity index (χ0v) is 11.5. The van der Waals surface area contributed by atoms with E-state index in [0.717, 1.165) is 5.39 Å². The van der Waals surface area contributed by atoms with Crippen molar-refractivity contribution in [3.05, 3.63) is 54.3 Å². The van der Waals surface area contributed by atoms with Crippen LogP contribution in [0.25, 0.3) is 11.0 Å². The number of rotatable bonds is 4. The van der Waals surface area contributed by atoms with Crippen LogP contribution in [0.3, 0.4) is 0 Å². The van der Waals surface area contributed by atoms with Gasteiger partial charge in [0.15, 0.2) is 5.76 Å². The van der Waals surface area contributed by atoms with E-state index in [1.54, 1.807) is 12.1 Å². The molecule has 0 saturated carbocycles. The molecule has 7 nitrogen and oxygen atoms in total. The summed E-state index contributed by atoms with van der Waals surface area (Å²) in [6.07, 6.45) is 2.74. The van der Waals surface area contributed by atoms with E-state index in [2.05, 4.69) is 4.98 Å². The van der Waals surface area contributed by atoms with Crippen molar-refractivity contribution < 1.29 is 19.1 Å². The Labute approximate surface area is 125 Å². The molecular formula is C15H13N3O4. The lowest BCUT2D eigenvalue weighted by molar-refractivity contribution is -0.138. The summed E-state index contributed by atoms with van der Waals surface area (Å²) >= 11 is 0. The highest BCUT2D eigenvalue weighted by Crippen LogP contribution is 2.20. The van der Waals surface area contributed by atoms with Crippen LogP contribution < -0.4 is 5.73 Å². The quantitative estimate of drug-likeness (QED) is 0.750. The fraction of sp³-hybridized carbons (Fsp3) is 0.133. The lowest BCUT2D eigenvalue weighted by atomic mass is 10.2. The summed E-state index contributed by atoms with van der Waals surface area (Å²) < 4.78 is 6.77. The van der Waals surface area contributed by atoms with E-state index in [-0.39, 0.29) is 12.2 Å². The van der Waals surface area contributed by atoms with E-state index in [4.69, 9.17) is 15.3 Å². The first-order valence-electron chi connectivity index (χ1n) is 6.59. The Balaban J connectivity index is 1.92. The van der Waals surface area contributed by atoms with Gasteiger partial charge in [-0.25, -0.2) is 4.98 Å². The van der Waals surface area contributed by atoms with E-state index < -0.39 is 17.9 Å². The predicted octanol–water partition coefficient (Wildman–Crippen LogP) is 1.27. The van der Waals surface area contributed by atoms with Gasteiger partial charge in [-0.1, -0.05) is 18.2 Å². The van der Waals surface area contributed by atoms with Crippen LogP contribution in [-0.4, -0.2) is 32.6 Å². The highest BCUT2D eigenvalue weighted by Gasteiger charge is 2.20. The molecule has 3 rings (SSSR count). The van der Waals surface area contributed by atoms with Crippen LogP contribution >= 0.6 is 0 Å². The molecule has 1 aromatic carbocycles. The summed E-state index contributed by atoms with van der Waals surface area (Å²) in [5.41, 5.74) is 6.52. The maximum Gasteiger partial charge on any atom is 0.320 e. The van der Waals surface area contributed by atoms with Crippen LogP contribution in [0, 0.1) is 0 Å². The SMILES string of the molecule is NC(Cc1cncn1C(=O)c1cc2ccccc2o1)C(=O)O. The predicted molar refractivity (Wildman–Crippen MR) is 77.5 cm³/mol. The Bertz CT molecular complexity index is 816. The average Bonchev–Trinajstić information content (AvgIpc) is 3.12. The van der Waals surface area contributed by atoms with Crippen LogP contribution in [0.5, 0.6) is 0 Å². The number of aliphatic carboxylic acids is 1. The van der Waals surface area contributed by atoms with Gasteiger partial charge in [0, 0.05) is 23.7 Å². The number of nitrogens with two attached hydrogens (primary N) is 1. The van der Waals surface area contributed by atoms with Crippen molar-refractivity contribution >= 4 is 22.8 Å². The molecule has 0 bridgehead atoms. The number of hydrogen-bond acceptors (Lipinski definition) is 5. The molecule has 0 aliphatic heterocycles. The average molecular weight is 299 g/mol. The smallest absolute Gasteiger partial charge is 0.320 e. The number of hydrogen-bond donors (Lipinski definition) is 2. The van der Waals surface area contributed by atoms with Crippen molar-refractivity contribution in [2.24, 2.45) is 5.73 Å². The molecule has 7 heteroatoms. The second-order valence-electron chi connectivity index (χ2n) is 4.86. The molecule has 0 fully saturated rings. The third-order valence-corrected chi connectivity index (χ3v) is 3.32. The first kappa shape index (κ1) is 14.0. The van der Waals surface area contributed by atoms with Crippen LogP contribution in [0.2, 0.25) is 0 Å². The molecule has 1 atom stereocenters. The van der Waals surface area contributed by atoms with Crippen LogP contribution in [0.1, 0.15) is 16.2 Å². The van der Waals surface area contributed by atoms with Gasteiger partial charge < -0.3 is 15.3 Å². The molecular weight excluding hydrogens is 286 g/mol. The van der Waals surface area contributed by atoms with Crippen molar-refractivity contribution in [3.8, 4) is 0 Å². The summed E-state index contributed by atoms with van der Waals surface area (Å²) in [7, 11) is 0. The zero-order valence-electron chi connectivity index (χ0n) is 11.5. The van der Waals surface area contributed by atoms with E-state index in [9.17, 15) is 9.59 Å². The second-order valence-corrected chi connectivity index (χ2v) is 4.86. The van der Waals surface area contributed by atoms with Gasteiger partial charge in [0.1, 0.15) is 18.0 Å². The molecule has 2 heterocycles. The normalized spacial score (nSPS) is 12.4. The number of carboxylic acids is 1. The van der Waals surface area contributed by atoms with Crippen LogP contribution in [0.15, 0.2) is 47.3 Å².